The van der Waals surface area contributed by atoms with Gasteiger partial charge in [0.05, 0.1) is 17.6 Å². The number of nitro groups is 1. The van der Waals surface area contributed by atoms with Crippen molar-refractivity contribution in [1.29, 1.82) is 0 Å². The van der Waals surface area contributed by atoms with Crippen LogP contribution in [0.3, 0.4) is 0 Å². The van der Waals surface area contributed by atoms with E-state index in [1.54, 1.807) is 18.2 Å². The number of nitrogens with zero attached hydrogens (tertiary/aromatic N) is 5. The van der Waals surface area contributed by atoms with Crippen LogP contribution in [0.25, 0.3) is 23.0 Å². The lowest BCUT2D eigenvalue weighted by Crippen LogP contribution is -1.94. The molecule has 3 aromatic rings. The van der Waals surface area contributed by atoms with Gasteiger partial charge < -0.3 is 9.26 Å². The molecule has 0 aliphatic rings. The van der Waals surface area contributed by atoms with E-state index in [1.807, 2.05) is 6.92 Å². The predicted molar refractivity (Wildman–Crippen MR) is 84.8 cm³/mol. The van der Waals surface area contributed by atoms with E-state index in [1.165, 1.54) is 18.0 Å². The Labute approximate surface area is 141 Å². The number of rotatable bonds is 5. The first-order valence-electron chi connectivity index (χ1n) is 6.93. The zero-order chi connectivity index (χ0) is 17.3. The highest BCUT2D eigenvalue weighted by Gasteiger charge is 2.26. The van der Waals surface area contributed by atoms with Crippen LogP contribution in [0.5, 0.6) is 5.75 Å². The van der Waals surface area contributed by atoms with E-state index < -0.39 is 4.92 Å². The van der Waals surface area contributed by atoms with Gasteiger partial charge in [0.15, 0.2) is 0 Å². The van der Waals surface area contributed by atoms with Crippen LogP contribution < -0.4 is 4.74 Å². The van der Waals surface area contributed by atoms with E-state index in [0.717, 1.165) is 0 Å². The van der Waals surface area contributed by atoms with Crippen molar-refractivity contribution in [2.24, 2.45) is 0 Å². The number of hydrogen-bond acceptors (Lipinski definition) is 7. The van der Waals surface area contributed by atoms with E-state index >= 15 is 0 Å². The van der Waals surface area contributed by atoms with E-state index in [2.05, 4.69) is 15.2 Å². The summed E-state index contributed by atoms with van der Waals surface area (Å²) in [6.45, 7) is 2.29. The number of halogens is 1. The molecule has 0 amide bonds. The summed E-state index contributed by atoms with van der Waals surface area (Å²) in [6, 6.07) is 4.95. The van der Waals surface area contributed by atoms with Crippen LogP contribution in [-0.2, 0) is 6.54 Å². The molecule has 0 atom stereocenters. The third-order valence-electron chi connectivity index (χ3n) is 3.29. The fourth-order valence-corrected chi connectivity index (χ4v) is 2.31. The lowest BCUT2D eigenvalue weighted by Gasteiger charge is -2.04. The van der Waals surface area contributed by atoms with E-state index in [4.69, 9.17) is 20.9 Å². The monoisotopic (exact) mass is 349 g/mol. The molecule has 0 aliphatic heterocycles. The Morgan fingerprint density at radius 2 is 2.25 bits per heavy atom. The van der Waals surface area contributed by atoms with Gasteiger partial charge in [0.25, 0.3) is 5.89 Å². The van der Waals surface area contributed by atoms with Gasteiger partial charge in [0, 0.05) is 11.6 Å². The molecule has 0 N–H and O–H groups in total. The van der Waals surface area contributed by atoms with Crippen molar-refractivity contribution in [2.75, 3.05) is 7.11 Å². The van der Waals surface area contributed by atoms with Gasteiger partial charge in [0.1, 0.15) is 11.9 Å². The summed E-state index contributed by atoms with van der Waals surface area (Å²) in [4.78, 5) is 14.8. The number of benzene rings is 1. The SMILES string of the molecule is CCn1cc([N+](=O)[O-])c(-c2nc(-c3cc(Cl)ccc3OC)no2)n1. The molecule has 9 nitrogen and oxygen atoms in total. The molecule has 0 bridgehead atoms. The Kier molecular flexibility index (Phi) is 4.17. The summed E-state index contributed by atoms with van der Waals surface area (Å²) in [5.74, 6) is 0.649. The summed E-state index contributed by atoms with van der Waals surface area (Å²) in [5.41, 5.74) is 0.323. The molecular weight excluding hydrogens is 338 g/mol. The minimum absolute atomic E-state index is 0.0154. The zero-order valence-electron chi connectivity index (χ0n) is 12.8. The van der Waals surface area contributed by atoms with E-state index in [-0.39, 0.29) is 23.1 Å². The second-order valence-corrected chi connectivity index (χ2v) is 5.18. The van der Waals surface area contributed by atoms with Gasteiger partial charge in [-0.15, -0.1) is 0 Å². The summed E-state index contributed by atoms with van der Waals surface area (Å²) >= 11 is 5.99. The van der Waals surface area contributed by atoms with Crippen molar-refractivity contribution in [1.82, 2.24) is 19.9 Å². The van der Waals surface area contributed by atoms with Crippen molar-refractivity contribution in [3.63, 3.8) is 0 Å². The molecule has 0 fully saturated rings. The van der Waals surface area contributed by atoms with Gasteiger partial charge in [-0.25, -0.2) is 0 Å². The highest BCUT2D eigenvalue weighted by Crippen LogP contribution is 2.33. The molecule has 0 saturated heterocycles. The zero-order valence-corrected chi connectivity index (χ0v) is 13.5. The molecule has 2 aromatic heterocycles. The van der Waals surface area contributed by atoms with Crippen LogP contribution >= 0.6 is 11.6 Å². The molecule has 0 aliphatic carbocycles. The summed E-state index contributed by atoms with van der Waals surface area (Å²) in [7, 11) is 1.50. The first-order chi connectivity index (χ1) is 11.5. The molecule has 124 valence electrons. The average molecular weight is 350 g/mol. The molecule has 24 heavy (non-hydrogen) atoms. The second kappa shape index (κ2) is 6.28. The smallest absolute Gasteiger partial charge is 0.320 e. The molecule has 0 unspecified atom stereocenters. The van der Waals surface area contributed by atoms with Crippen molar-refractivity contribution >= 4 is 17.3 Å². The normalized spacial score (nSPS) is 10.8. The third-order valence-corrected chi connectivity index (χ3v) is 3.53. The lowest BCUT2D eigenvalue weighted by molar-refractivity contribution is -0.384. The first kappa shape index (κ1) is 15.9. The minimum Gasteiger partial charge on any atom is -0.496 e. The van der Waals surface area contributed by atoms with Crippen molar-refractivity contribution in [3.05, 3.63) is 39.5 Å². The van der Waals surface area contributed by atoms with E-state index in [9.17, 15) is 10.1 Å². The van der Waals surface area contributed by atoms with Crippen LogP contribution in [0.15, 0.2) is 28.9 Å². The van der Waals surface area contributed by atoms with Gasteiger partial charge in [-0.1, -0.05) is 16.8 Å². The van der Waals surface area contributed by atoms with Gasteiger partial charge >= 0.3 is 5.69 Å². The molecule has 0 spiro atoms. The molecule has 10 heteroatoms. The molecular formula is C14H12ClN5O4. The van der Waals surface area contributed by atoms with Gasteiger partial charge in [-0.3, -0.25) is 14.8 Å². The fraction of sp³-hybridized carbons (Fsp3) is 0.214. The molecule has 2 heterocycles. The molecule has 3 rings (SSSR count). The molecule has 0 saturated carbocycles. The Balaban J connectivity index is 2.08. The van der Waals surface area contributed by atoms with Crippen LogP contribution in [0.4, 0.5) is 5.69 Å². The molecule has 0 radical (unpaired) electrons. The van der Waals surface area contributed by atoms with Gasteiger partial charge in [-0.05, 0) is 25.1 Å². The van der Waals surface area contributed by atoms with Gasteiger partial charge in [0.2, 0.25) is 11.5 Å². The lowest BCUT2D eigenvalue weighted by atomic mass is 10.2. The summed E-state index contributed by atoms with van der Waals surface area (Å²) in [6.07, 6.45) is 1.32. The maximum atomic E-state index is 11.2. The third kappa shape index (κ3) is 2.81. The van der Waals surface area contributed by atoms with Crippen LogP contribution in [-0.4, -0.2) is 32.0 Å². The van der Waals surface area contributed by atoms with Gasteiger partial charge in [-0.2, -0.15) is 10.1 Å². The number of aromatic nitrogens is 4. The summed E-state index contributed by atoms with van der Waals surface area (Å²) in [5, 5.41) is 19.6. The molecule has 1 aromatic carbocycles. The maximum absolute atomic E-state index is 11.2. The second-order valence-electron chi connectivity index (χ2n) is 4.74. The largest absolute Gasteiger partial charge is 0.496 e. The standard InChI is InChI=1S/C14H12ClN5O4/c1-3-19-7-10(20(21)22)12(17-19)14-16-13(18-24-14)9-6-8(15)4-5-11(9)23-2/h4-7H,3H2,1-2H3. The van der Waals surface area contributed by atoms with Crippen LogP contribution in [0, 0.1) is 10.1 Å². The van der Waals surface area contributed by atoms with E-state index in [0.29, 0.717) is 22.9 Å². The van der Waals surface area contributed by atoms with Crippen molar-refractivity contribution in [3.8, 4) is 28.7 Å². The Morgan fingerprint density at radius 3 is 2.92 bits per heavy atom. The maximum Gasteiger partial charge on any atom is 0.320 e. The predicted octanol–water partition coefficient (Wildman–Crippen LogP) is 3.19. The first-order valence-corrected chi connectivity index (χ1v) is 7.31. The number of hydrogen-bond donors (Lipinski definition) is 0. The quantitative estimate of drug-likeness (QED) is 0.513. The Morgan fingerprint density at radius 1 is 1.46 bits per heavy atom. The Hall–Kier alpha value is -2.94. The van der Waals surface area contributed by atoms with Crippen LogP contribution in [0.1, 0.15) is 6.92 Å². The highest BCUT2D eigenvalue weighted by molar-refractivity contribution is 6.30. The average Bonchev–Trinajstić information content (AvgIpc) is 3.21. The summed E-state index contributed by atoms with van der Waals surface area (Å²) < 4.78 is 11.8. The Bertz CT molecular complexity index is 904. The number of aryl methyl sites for hydroxylation is 1. The van der Waals surface area contributed by atoms with Crippen molar-refractivity contribution in [2.45, 2.75) is 13.5 Å². The van der Waals surface area contributed by atoms with Crippen molar-refractivity contribution < 1.29 is 14.2 Å². The topological polar surface area (TPSA) is 109 Å². The van der Waals surface area contributed by atoms with Crippen LogP contribution in [0.2, 0.25) is 5.02 Å². The minimum atomic E-state index is -0.543. The number of ether oxygens (including phenoxy) is 1. The fourth-order valence-electron chi connectivity index (χ4n) is 2.14. The number of methoxy groups -OCH3 is 1. The highest BCUT2D eigenvalue weighted by atomic mass is 35.5.